The Bertz CT molecular complexity index is 585. The fourth-order valence-corrected chi connectivity index (χ4v) is 4.01. The maximum Gasteiger partial charge on any atom is 0.0973 e. The van der Waals surface area contributed by atoms with Crippen molar-refractivity contribution in [2.75, 3.05) is 14.1 Å². The number of hydrogen-bond acceptors (Lipinski definition) is 3. The van der Waals surface area contributed by atoms with Crippen molar-refractivity contribution in [2.24, 2.45) is 5.92 Å². The minimum atomic E-state index is -0.809. The maximum atomic E-state index is 11.5. The zero-order valence-corrected chi connectivity index (χ0v) is 14.6. The fourth-order valence-electron chi connectivity index (χ4n) is 4.01. The van der Waals surface area contributed by atoms with Gasteiger partial charge >= 0.3 is 0 Å². The Morgan fingerprint density at radius 1 is 1.17 bits per heavy atom. The third-order valence-electron chi connectivity index (χ3n) is 5.04. The summed E-state index contributed by atoms with van der Waals surface area (Å²) in [5, 5.41) is 11.5. The lowest BCUT2D eigenvalue weighted by Gasteiger charge is -2.46. The van der Waals surface area contributed by atoms with Crippen LogP contribution in [0.4, 0.5) is 0 Å². The van der Waals surface area contributed by atoms with E-state index in [2.05, 4.69) is 43.3 Å². The van der Waals surface area contributed by atoms with Crippen molar-refractivity contribution >= 4 is 12.4 Å². The molecule has 3 rings (SSSR count). The second kappa shape index (κ2) is 7.52. The molecule has 1 aromatic carbocycles. The van der Waals surface area contributed by atoms with E-state index in [4.69, 9.17) is 4.42 Å². The second-order valence-electron chi connectivity index (χ2n) is 6.61. The summed E-state index contributed by atoms with van der Waals surface area (Å²) in [6.07, 6.45) is 7.42. The van der Waals surface area contributed by atoms with E-state index < -0.39 is 5.60 Å². The number of benzene rings is 1. The quantitative estimate of drug-likeness (QED) is 0.900. The predicted molar refractivity (Wildman–Crippen MR) is 94.7 cm³/mol. The highest BCUT2D eigenvalue weighted by Crippen LogP contribution is 2.48. The van der Waals surface area contributed by atoms with Crippen LogP contribution in [0.3, 0.4) is 0 Å². The molecule has 1 aromatic heterocycles. The van der Waals surface area contributed by atoms with Crippen molar-refractivity contribution < 1.29 is 9.52 Å². The van der Waals surface area contributed by atoms with Gasteiger partial charge in [-0.15, -0.1) is 12.4 Å². The zero-order valence-electron chi connectivity index (χ0n) is 13.8. The van der Waals surface area contributed by atoms with E-state index in [-0.39, 0.29) is 24.4 Å². The van der Waals surface area contributed by atoms with E-state index in [0.717, 1.165) is 24.8 Å². The van der Waals surface area contributed by atoms with E-state index in [1.807, 2.05) is 12.1 Å². The van der Waals surface area contributed by atoms with Gasteiger partial charge in [-0.3, -0.25) is 0 Å². The molecule has 126 valence electrons. The van der Waals surface area contributed by atoms with Gasteiger partial charge in [0.15, 0.2) is 0 Å². The summed E-state index contributed by atoms with van der Waals surface area (Å²) in [5.41, 5.74) is 1.37. The van der Waals surface area contributed by atoms with Crippen molar-refractivity contribution in [3.8, 4) is 0 Å². The van der Waals surface area contributed by atoms with E-state index in [1.54, 1.807) is 12.5 Å². The molecule has 0 bridgehead atoms. The van der Waals surface area contributed by atoms with Crippen LogP contribution in [0.2, 0.25) is 0 Å². The first-order chi connectivity index (χ1) is 10.6. The Balaban J connectivity index is 0.00000192. The first-order valence-electron chi connectivity index (χ1n) is 8.09. The van der Waals surface area contributed by atoms with Gasteiger partial charge in [0.25, 0.3) is 0 Å². The molecule has 0 spiro atoms. The summed E-state index contributed by atoms with van der Waals surface area (Å²) in [7, 11) is 4.20. The SMILES string of the molecule is CN(C)C(c1ccccc1)C1CCCCC1(O)c1ccoc1.Cl. The minimum absolute atomic E-state index is 0. The number of hydrogen-bond donors (Lipinski definition) is 1. The van der Waals surface area contributed by atoms with Crippen molar-refractivity contribution in [3.05, 3.63) is 60.1 Å². The topological polar surface area (TPSA) is 36.6 Å². The molecule has 0 radical (unpaired) electrons. The predicted octanol–water partition coefficient (Wildman–Crippen LogP) is 4.38. The van der Waals surface area contributed by atoms with Gasteiger partial charge < -0.3 is 14.4 Å². The summed E-state index contributed by atoms with van der Waals surface area (Å²) in [4.78, 5) is 2.23. The Morgan fingerprint density at radius 3 is 2.52 bits per heavy atom. The van der Waals surface area contributed by atoms with E-state index in [9.17, 15) is 5.11 Å². The molecule has 3 unspecified atom stereocenters. The van der Waals surface area contributed by atoms with Gasteiger partial charge in [0.2, 0.25) is 0 Å². The molecule has 1 saturated carbocycles. The van der Waals surface area contributed by atoms with E-state index in [0.29, 0.717) is 0 Å². The van der Waals surface area contributed by atoms with Crippen LogP contribution in [0, 0.1) is 5.92 Å². The van der Waals surface area contributed by atoms with Crippen LogP contribution >= 0.6 is 12.4 Å². The van der Waals surface area contributed by atoms with Gasteiger partial charge in [-0.1, -0.05) is 43.2 Å². The van der Waals surface area contributed by atoms with Crippen LogP contribution in [-0.2, 0) is 5.60 Å². The number of nitrogens with zero attached hydrogens (tertiary/aromatic N) is 1. The number of aliphatic hydroxyl groups is 1. The fraction of sp³-hybridized carbons (Fsp3) is 0.474. The first-order valence-corrected chi connectivity index (χ1v) is 8.09. The molecule has 1 fully saturated rings. The van der Waals surface area contributed by atoms with Gasteiger partial charge in [-0.2, -0.15) is 0 Å². The Hall–Kier alpha value is -1.29. The first kappa shape index (κ1) is 18.1. The van der Waals surface area contributed by atoms with Crippen molar-refractivity contribution in [2.45, 2.75) is 37.3 Å². The molecule has 1 aliphatic carbocycles. The van der Waals surface area contributed by atoms with Crippen LogP contribution < -0.4 is 0 Å². The van der Waals surface area contributed by atoms with Crippen LogP contribution in [0.15, 0.2) is 53.3 Å². The molecule has 0 amide bonds. The second-order valence-corrected chi connectivity index (χ2v) is 6.61. The lowest BCUT2D eigenvalue weighted by molar-refractivity contribution is -0.0841. The molecular weight excluding hydrogens is 310 g/mol. The highest BCUT2D eigenvalue weighted by molar-refractivity contribution is 5.85. The van der Waals surface area contributed by atoms with Crippen LogP contribution in [0.25, 0.3) is 0 Å². The van der Waals surface area contributed by atoms with Gasteiger partial charge in [0.05, 0.1) is 18.1 Å². The Morgan fingerprint density at radius 2 is 1.91 bits per heavy atom. The van der Waals surface area contributed by atoms with Gasteiger partial charge in [-0.05, 0) is 38.6 Å². The largest absolute Gasteiger partial charge is 0.472 e. The lowest BCUT2D eigenvalue weighted by atomic mass is 9.67. The van der Waals surface area contributed by atoms with Gasteiger partial charge in [-0.25, -0.2) is 0 Å². The monoisotopic (exact) mass is 335 g/mol. The van der Waals surface area contributed by atoms with Crippen molar-refractivity contribution in [1.82, 2.24) is 4.90 Å². The normalized spacial score (nSPS) is 25.8. The van der Waals surface area contributed by atoms with Crippen LogP contribution in [0.1, 0.15) is 42.9 Å². The van der Waals surface area contributed by atoms with Gasteiger partial charge in [0.1, 0.15) is 0 Å². The summed E-state index contributed by atoms with van der Waals surface area (Å²) in [6, 6.07) is 12.6. The summed E-state index contributed by atoms with van der Waals surface area (Å²) in [5.74, 6) is 0.163. The molecule has 3 nitrogen and oxygen atoms in total. The van der Waals surface area contributed by atoms with Crippen LogP contribution in [0.5, 0.6) is 0 Å². The molecule has 3 atom stereocenters. The Labute approximate surface area is 144 Å². The molecule has 23 heavy (non-hydrogen) atoms. The highest BCUT2D eigenvalue weighted by atomic mass is 35.5. The number of furan rings is 1. The maximum absolute atomic E-state index is 11.5. The number of rotatable bonds is 4. The van der Waals surface area contributed by atoms with E-state index >= 15 is 0 Å². The molecule has 4 heteroatoms. The lowest BCUT2D eigenvalue weighted by Crippen LogP contribution is -2.44. The average molecular weight is 336 g/mol. The summed E-state index contributed by atoms with van der Waals surface area (Å²) >= 11 is 0. The molecular formula is C19H26ClNO2. The molecule has 2 aromatic rings. The molecule has 1 N–H and O–H groups in total. The zero-order chi connectivity index (χ0) is 15.6. The average Bonchev–Trinajstić information content (AvgIpc) is 3.05. The molecule has 0 saturated heterocycles. The third-order valence-corrected chi connectivity index (χ3v) is 5.04. The van der Waals surface area contributed by atoms with Crippen molar-refractivity contribution in [3.63, 3.8) is 0 Å². The molecule has 0 aliphatic heterocycles. The van der Waals surface area contributed by atoms with Crippen LogP contribution in [-0.4, -0.2) is 24.1 Å². The molecule has 1 aliphatic rings. The number of halogens is 1. The minimum Gasteiger partial charge on any atom is -0.472 e. The summed E-state index contributed by atoms with van der Waals surface area (Å²) in [6.45, 7) is 0. The highest BCUT2D eigenvalue weighted by Gasteiger charge is 2.46. The Kier molecular flexibility index (Phi) is 5.90. The third kappa shape index (κ3) is 3.47. The van der Waals surface area contributed by atoms with Crippen molar-refractivity contribution in [1.29, 1.82) is 0 Å². The summed E-state index contributed by atoms with van der Waals surface area (Å²) < 4.78 is 5.25. The van der Waals surface area contributed by atoms with Gasteiger partial charge in [0, 0.05) is 17.5 Å². The van der Waals surface area contributed by atoms with E-state index in [1.165, 1.54) is 12.0 Å². The molecule has 1 heterocycles. The standard InChI is InChI=1S/C19H25NO2.ClH/c1-20(2)18(15-8-4-3-5-9-15)17-10-6-7-12-19(17,21)16-11-13-22-14-16;/h3-5,8-9,11,13-14,17-18,21H,6-7,10,12H2,1-2H3;1H. The smallest absolute Gasteiger partial charge is 0.0973 e.